The highest BCUT2D eigenvalue weighted by atomic mass is 32.2. The number of pyridine rings is 1. The molecule has 0 amide bonds. The second kappa shape index (κ2) is 13.4. The highest BCUT2D eigenvalue weighted by Gasteiger charge is 2.16. The maximum Gasteiger partial charge on any atom is 0.197 e. The summed E-state index contributed by atoms with van der Waals surface area (Å²) in [6.45, 7) is 3.86. The van der Waals surface area contributed by atoms with Crippen LogP contribution in [0.2, 0.25) is 0 Å². The Kier molecular flexibility index (Phi) is 14.8. The summed E-state index contributed by atoms with van der Waals surface area (Å²) in [5, 5.41) is 0.430. The molecule has 0 aliphatic heterocycles. The van der Waals surface area contributed by atoms with Gasteiger partial charge in [0.05, 0.1) is 47.5 Å². The second-order valence-corrected chi connectivity index (χ2v) is 6.83. The van der Waals surface area contributed by atoms with Crippen molar-refractivity contribution in [1.82, 2.24) is 15.0 Å². The summed E-state index contributed by atoms with van der Waals surface area (Å²) in [6, 6.07) is 5.50. The van der Waals surface area contributed by atoms with E-state index in [-0.39, 0.29) is 50.7 Å². The van der Waals surface area contributed by atoms with Crippen LogP contribution >= 0.6 is 0 Å². The monoisotopic (exact) mass is 441 g/mol. The number of nitrogens with zero attached hydrogens (tertiary/aromatic N) is 2. The second-order valence-electron chi connectivity index (χ2n) is 5.46. The molecule has 10 nitrogen and oxygen atoms in total. The van der Waals surface area contributed by atoms with Crippen LogP contribution in [-0.2, 0) is 16.6 Å². The van der Waals surface area contributed by atoms with Gasteiger partial charge in [0.2, 0.25) is 0 Å². The van der Waals surface area contributed by atoms with E-state index in [1.807, 2.05) is 32.0 Å². The molecule has 0 spiro atoms. The molecule has 1 atom stereocenters. The number of H-pyrrole nitrogens is 1. The summed E-state index contributed by atoms with van der Waals surface area (Å²) >= 11 is 0. The van der Waals surface area contributed by atoms with Crippen LogP contribution in [-0.4, -0.2) is 78.3 Å². The minimum atomic E-state index is -1.33. The molecule has 3 aromatic rings. The van der Waals surface area contributed by atoms with E-state index in [0.29, 0.717) is 5.16 Å². The molecule has 160 valence electrons. The predicted octanol–water partition coefficient (Wildman–Crippen LogP) is -0.780. The van der Waals surface area contributed by atoms with Crippen molar-refractivity contribution in [2.45, 2.75) is 24.8 Å². The van der Waals surface area contributed by atoms with Crippen LogP contribution in [0.3, 0.4) is 0 Å². The van der Waals surface area contributed by atoms with Crippen LogP contribution in [0, 0.1) is 13.8 Å². The number of aromatic nitrogens is 3. The topological polar surface area (TPSA) is 203 Å². The number of nitrogens with one attached hydrogen (secondary N) is 1. The first-order chi connectivity index (χ1) is 11.5. The van der Waals surface area contributed by atoms with Crippen molar-refractivity contribution in [2.24, 2.45) is 0 Å². The molecule has 1 unspecified atom stereocenters. The molecule has 0 fully saturated rings. The third kappa shape index (κ3) is 6.60. The fraction of sp³-hybridized carbons (Fsp3) is 0.294. The van der Waals surface area contributed by atoms with E-state index in [1.54, 1.807) is 20.4 Å². The summed E-state index contributed by atoms with van der Waals surface area (Å²) in [5.41, 5.74) is 4.16. The number of ether oxygens (including phenoxy) is 2. The van der Waals surface area contributed by atoms with E-state index in [4.69, 9.17) is 9.47 Å². The number of fused-ring (bicyclic) bond motifs is 1. The standard InChI is InChI=1S/C17H19N3O3S.Mg.4H2O/c1-10-8-18-15(11(2)16(10)23-4)9-24(21)17-19-13-6-5-12(22-3)7-14(13)20-17;;;;;/h5-8H,9H2,1-4H3,(H,19,20);;4*1H2. The van der Waals surface area contributed by atoms with Crippen molar-refractivity contribution in [3.63, 3.8) is 0 Å². The van der Waals surface area contributed by atoms with E-state index in [0.717, 1.165) is 39.4 Å². The molecule has 2 aromatic heterocycles. The minimum absolute atomic E-state index is 0. The van der Waals surface area contributed by atoms with Gasteiger partial charge in [-0.2, -0.15) is 0 Å². The molecule has 2 radical (unpaired) electrons. The van der Waals surface area contributed by atoms with Crippen molar-refractivity contribution >= 4 is 44.9 Å². The SMILES string of the molecule is COc1ccc2nc(S(=O)Cc3ncc(C)c(OC)c3C)[nH]c2c1.O.O.O.O.[Mg]. The van der Waals surface area contributed by atoms with Gasteiger partial charge in [0.25, 0.3) is 0 Å². The van der Waals surface area contributed by atoms with Crippen LogP contribution in [0.15, 0.2) is 29.6 Å². The van der Waals surface area contributed by atoms with Gasteiger partial charge in [0, 0.05) is 46.4 Å². The van der Waals surface area contributed by atoms with E-state index >= 15 is 0 Å². The van der Waals surface area contributed by atoms with Crippen LogP contribution < -0.4 is 9.47 Å². The number of imidazole rings is 1. The Morgan fingerprint density at radius 3 is 2.31 bits per heavy atom. The average Bonchev–Trinajstić information content (AvgIpc) is 3.01. The van der Waals surface area contributed by atoms with Crippen LogP contribution in [0.4, 0.5) is 0 Å². The molecule has 0 bridgehead atoms. The molecular weight excluding hydrogens is 415 g/mol. The maximum atomic E-state index is 12.7. The van der Waals surface area contributed by atoms with Gasteiger partial charge in [-0.25, -0.2) is 4.98 Å². The van der Waals surface area contributed by atoms with Gasteiger partial charge in [-0.05, 0) is 26.0 Å². The Balaban J connectivity index is -0.00000135. The molecule has 2 heterocycles. The van der Waals surface area contributed by atoms with Gasteiger partial charge in [-0.1, -0.05) is 0 Å². The summed E-state index contributed by atoms with van der Waals surface area (Å²) in [7, 11) is 1.91. The average molecular weight is 442 g/mol. The van der Waals surface area contributed by atoms with Crippen LogP contribution in [0.1, 0.15) is 16.8 Å². The van der Waals surface area contributed by atoms with Gasteiger partial charge in [-0.3, -0.25) is 9.19 Å². The van der Waals surface area contributed by atoms with Gasteiger partial charge >= 0.3 is 0 Å². The molecule has 3 rings (SSSR count). The van der Waals surface area contributed by atoms with Gasteiger partial charge in [0.1, 0.15) is 11.5 Å². The number of methoxy groups -OCH3 is 2. The first-order valence-corrected chi connectivity index (χ1v) is 8.76. The number of hydrogen-bond acceptors (Lipinski definition) is 5. The third-order valence-corrected chi connectivity index (χ3v) is 5.06. The molecule has 1 aromatic carbocycles. The lowest BCUT2D eigenvalue weighted by atomic mass is 10.1. The highest BCUT2D eigenvalue weighted by molar-refractivity contribution is 7.84. The molecule has 0 saturated heterocycles. The normalized spacial score (nSPS) is 10.2. The Labute approximate surface area is 186 Å². The molecular formula is C17H27MgN3O7S. The Morgan fingerprint density at radius 1 is 1.07 bits per heavy atom. The summed E-state index contributed by atoms with van der Waals surface area (Å²) in [6.07, 6.45) is 1.74. The van der Waals surface area contributed by atoms with E-state index in [2.05, 4.69) is 15.0 Å². The summed E-state index contributed by atoms with van der Waals surface area (Å²) < 4.78 is 23.3. The van der Waals surface area contributed by atoms with Crippen LogP contribution in [0.25, 0.3) is 11.0 Å². The molecule has 9 N–H and O–H groups in total. The maximum absolute atomic E-state index is 12.7. The lowest BCUT2D eigenvalue weighted by Crippen LogP contribution is -2.05. The quantitative estimate of drug-likeness (QED) is 0.504. The Morgan fingerprint density at radius 2 is 1.72 bits per heavy atom. The Bertz CT molecular complexity index is 937. The lowest BCUT2D eigenvalue weighted by Gasteiger charge is -2.11. The molecule has 0 aliphatic rings. The fourth-order valence-corrected chi connectivity index (χ4v) is 3.71. The predicted molar refractivity (Wildman–Crippen MR) is 113 cm³/mol. The molecule has 12 heteroatoms. The lowest BCUT2D eigenvalue weighted by molar-refractivity contribution is 0.407. The van der Waals surface area contributed by atoms with E-state index in [1.165, 1.54) is 0 Å². The smallest absolute Gasteiger partial charge is 0.197 e. The zero-order valence-corrected chi connectivity index (χ0v) is 19.0. The third-order valence-electron chi connectivity index (χ3n) is 3.90. The van der Waals surface area contributed by atoms with Gasteiger partial charge in [-0.15, -0.1) is 0 Å². The first-order valence-electron chi connectivity index (χ1n) is 7.44. The van der Waals surface area contributed by atoms with Crippen molar-refractivity contribution in [3.05, 3.63) is 41.2 Å². The fourth-order valence-electron chi connectivity index (χ4n) is 2.61. The largest absolute Gasteiger partial charge is 0.497 e. The summed E-state index contributed by atoms with van der Waals surface area (Å²) in [4.78, 5) is 11.9. The van der Waals surface area contributed by atoms with Crippen molar-refractivity contribution in [1.29, 1.82) is 0 Å². The Hall–Kier alpha value is -1.80. The number of hydrogen-bond donors (Lipinski definition) is 1. The van der Waals surface area contributed by atoms with Crippen molar-refractivity contribution in [3.8, 4) is 11.5 Å². The van der Waals surface area contributed by atoms with Crippen LogP contribution in [0.5, 0.6) is 11.5 Å². The number of aryl methyl sites for hydroxylation is 1. The van der Waals surface area contributed by atoms with Gasteiger partial charge in [0.15, 0.2) is 5.16 Å². The summed E-state index contributed by atoms with van der Waals surface area (Å²) in [5.74, 6) is 1.79. The number of rotatable bonds is 5. The minimum Gasteiger partial charge on any atom is -0.497 e. The number of benzene rings is 1. The highest BCUT2D eigenvalue weighted by Crippen LogP contribution is 2.26. The molecule has 29 heavy (non-hydrogen) atoms. The van der Waals surface area contributed by atoms with Crippen molar-refractivity contribution in [2.75, 3.05) is 14.2 Å². The zero-order chi connectivity index (χ0) is 17.3. The van der Waals surface area contributed by atoms with Crippen molar-refractivity contribution < 1.29 is 35.6 Å². The van der Waals surface area contributed by atoms with E-state index < -0.39 is 10.8 Å². The van der Waals surface area contributed by atoms with Gasteiger partial charge < -0.3 is 36.4 Å². The molecule has 0 saturated carbocycles. The first kappa shape index (κ1) is 31.9. The van der Waals surface area contributed by atoms with E-state index in [9.17, 15) is 4.21 Å². The molecule has 0 aliphatic carbocycles. The zero-order valence-electron chi connectivity index (χ0n) is 16.8. The number of aromatic amines is 1.